The second-order valence-corrected chi connectivity index (χ2v) is 2.51. The van der Waals surface area contributed by atoms with Crippen molar-refractivity contribution in [3.63, 3.8) is 0 Å². The van der Waals surface area contributed by atoms with Gasteiger partial charge in [0.25, 0.3) is 0 Å². The van der Waals surface area contributed by atoms with Crippen molar-refractivity contribution in [2.45, 2.75) is 26.3 Å². The largest absolute Gasteiger partial charge is 0.354 e. The molecule has 0 aromatic heterocycles. The number of rotatable bonds is 1. The first kappa shape index (κ1) is 11.0. The van der Waals surface area contributed by atoms with Gasteiger partial charge in [0.2, 0.25) is 6.41 Å². The minimum atomic E-state index is -0.0677. The quantitative estimate of drug-likeness (QED) is 0.427. The smallest absolute Gasteiger partial charge is 0.207 e. The van der Waals surface area contributed by atoms with Crippen molar-refractivity contribution in [2.24, 2.45) is 0 Å². The van der Waals surface area contributed by atoms with Gasteiger partial charge in [0.1, 0.15) is 0 Å². The molecule has 0 aliphatic rings. The van der Waals surface area contributed by atoms with E-state index in [2.05, 4.69) is 5.32 Å². The predicted octanol–water partition coefficient (Wildman–Crippen LogP) is 0.528. The molecule has 0 fully saturated rings. The average Bonchev–Trinajstić information content (AvgIpc) is 1.30. The third kappa shape index (κ3) is 9.49. The van der Waals surface area contributed by atoms with Crippen LogP contribution in [-0.2, 0) is 26.5 Å². The van der Waals surface area contributed by atoms with E-state index in [-0.39, 0.29) is 27.3 Å². The standard InChI is InChI=1S/C5H11NO.Ti/c1-5(2,3)6-4-7;/h4H,1-3H3,(H,6,7);. The first-order valence-electron chi connectivity index (χ1n) is 2.27. The van der Waals surface area contributed by atoms with E-state index in [0.29, 0.717) is 6.41 Å². The van der Waals surface area contributed by atoms with Gasteiger partial charge in [-0.2, -0.15) is 0 Å². The Balaban J connectivity index is 0. The van der Waals surface area contributed by atoms with Gasteiger partial charge in [-0.3, -0.25) is 4.79 Å². The number of carbonyl (C=O) groups excluding carboxylic acids is 1. The summed E-state index contributed by atoms with van der Waals surface area (Å²) >= 11 is 0. The van der Waals surface area contributed by atoms with Gasteiger partial charge in [0.15, 0.2) is 0 Å². The van der Waals surface area contributed by atoms with Gasteiger partial charge in [-0.05, 0) is 20.8 Å². The Bertz CT molecular complexity index is 67.3. The van der Waals surface area contributed by atoms with Gasteiger partial charge in [-0.25, -0.2) is 0 Å². The maximum Gasteiger partial charge on any atom is 0.207 e. The van der Waals surface area contributed by atoms with Crippen molar-refractivity contribution in [1.82, 2.24) is 5.32 Å². The van der Waals surface area contributed by atoms with Crippen LogP contribution in [0.5, 0.6) is 0 Å². The van der Waals surface area contributed by atoms with Crippen LogP contribution >= 0.6 is 0 Å². The molecular weight excluding hydrogens is 138 g/mol. The van der Waals surface area contributed by atoms with Gasteiger partial charge >= 0.3 is 0 Å². The van der Waals surface area contributed by atoms with Crippen LogP contribution in [-0.4, -0.2) is 11.9 Å². The van der Waals surface area contributed by atoms with Gasteiger partial charge in [0.05, 0.1) is 0 Å². The third-order valence-corrected chi connectivity index (χ3v) is 0.492. The molecule has 0 saturated heterocycles. The molecule has 0 unspecified atom stereocenters. The Morgan fingerprint density at radius 3 is 1.75 bits per heavy atom. The van der Waals surface area contributed by atoms with Crippen LogP contribution in [0.2, 0.25) is 0 Å². The van der Waals surface area contributed by atoms with E-state index in [9.17, 15) is 4.79 Å². The number of nitrogens with one attached hydrogen (secondary N) is 1. The summed E-state index contributed by atoms with van der Waals surface area (Å²) < 4.78 is 0. The van der Waals surface area contributed by atoms with E-state index < -0.39 is 0 Å². The fraction of sp³-hybridized carbons (Fsp3) is 0.800. The molecule has 1 amide bonds. The monoisotopic (exact) mass is 149 g/mol. The van der Waals surface area contributed by atoms with Crippen LogP contribution in [0.15, 0.2) is 0 Å². The number of carbonyl (C=O) groups is 1. The number of amides is 1. The molecule has 0 saturated carbocycles. The van der Waals surface area contributed by atoms with E-state index in [4.69, 9.17) is 0 Å². The number of hydrogen-bond donors (Lipinski definition) is 1. The summed E-state index contributed by atoms with van der Waals surface area (Å²) in [5.74, 6) is 0. The van der Waals surface area contributed by atoms with Crippen molar-refractivity contribution >= 4 is 6.41 Å². The van der Waals surface area contributed by atoms with E-state index in [1.807, 2.05) is 20.8 Å². The summed E-state index contributed by atoms with van der Waals surface area (Å²) in [6.07, 6.45) is 0.708. The summed E-state index contributed by atoms with van der Waals surface area (Å²) in [4.78, 5) is 9.71. The first-order valence-corrected chi connectivity index (χ1v) is 2.27. The van der Waals surface area contributed by atoms with Crippen molar-refractivity contribution in [2.75, 3.05) is 0 Å². The molecule has 3 heteroatoms. The molecule has 0 radical (unpaired) electrons. The topological polar surface area (TPSA) is 29.1 Å². The molecule has 1 N–H and O–H groups in total. The zero-order chi connectivity index (χ0) is 5.91. The fourth-order valence-corrected chi connectivity index (χ4v) is 0.177. The van der Waals surface area contributed by atoms with Gasteiger partial charge < -0.3 is 5.32 Å². The van der Waals surface area contributed by atoms with Crippen LogP contribution in [0, 0.1) is 0 Å². The van der Waals surface area contributed by atoms with Crippen LogP contribution < -0.4 is 5.32 Å². The van der Waals surface area contributed by atoms with Gasteiger partial charge in [-0.1, -0.05) is 0 Å². The molecule has 46 valence electrons. The molecule has 0 aromatic carbocycles. The Morgan fingerprint density at radius 1 is 1.38 bits per heavy atom. The fourth-order valence-electron chi connectivity index (χ4n) is 0.177. The molecule has 0 bridgehead atoms. The second-order valence-electron chi connectivity index (χ2n) is 2.51. The summed E-state index contributed by atoms with van der Waals surface area (Å²) in [7, 11) is 0. The first-order chi connectivity index (χ1) is 3.06. The molecule has 0 rings (SSSR count). The van der Waals surface area contributed by atoms with E-state index in [0.717, 1.165) is 0 Å². The van der Waals surface area contributed by atoms with Gasteiger partial charge in [0, 0.05) is 27.3 Å². The summed E-state index contributed by atoms with van der Waals surface area (Å²) in [5, 5.41) is 2.60. The molecule has 0 atom stereocenters. The predicted molar refractivity (Wildman–Crippen MR) is 29.0 cm³/mol. The van der Waals surface area contributed by atoms with Crippen LogP contribution in [0.4, 0.5) is 0 Å². The SMILES string of the molecule is CC(C)(C)NC=O.[Ti]. The van der Waals surface area contributed by atoms with E-state index >= 15 is 0 Å². The van der Waals surface area contributed by atoms with Crippen LogP contribution in [0.25, 0.3) is 0 Å². The average molecular weight is 149 g/mol. The van der Waals surface area contributed by atoms with Crippen molar-refractivity contribution < 1.29 is 26.5 Å². The molecule has 8 heavy (non-hydrogen) atoms. The van der Waals surface area contributed by atoms with Gasteiger partial charge in [-0.15, -0.1) is 0 Å². The van der Waals surface area contributed by atoms with E-state index in [1.165, 1.54) is 0 Å². The maximum atomic E-state index is 9.71. The van der Waals surface area contributed by atoms with Crippen molar-refractivity contribution in [3.8, 4) is 0 Å². The molecule has 0 heterocycles. The Morgan fingerprint density at radius 2 is 1.75 bits per heavy atom. The third-order valence-electron chi connectivity index (χ3n) is 0.492. The molecule has 0 spiro atoms. The van der Waals surface area contributed by atoms with Crippen molar-refractivity contribution in [1.29, 1.82) is 0 Å². The zero-order valence-corrected chi connectivity index (χ0v) is 7.05. The minimum absolute atomic E-state index is 0. The zero-order valence-electron chi connectivity index (χ0n) is 5.49. The molecule has 2 nitrogen and oxygen atoms in total. The summed E-state index contributed by atoms with van der Waals surface area (Å²) in [6.45, 7) is 5.80. The molecule has 0 aliphatic heterocycles. The van der Waals surface area contributed by atoms with Crippen molar-refractivity contribution in [3.05, 3.63) is 0 Å². The molecular formula is C5H11NOTi. The summed E-state index contributed by atoms with van der Waals surface area (Å²) in [6, 6.07) is 0. The van der Waals surface area contributed by atoms with Crippen LogP contribution in [0.1, 0.15) is 20.8 Å². The normalized spacial score (nSPS) is 9.38. The minimum Gasteiger partial charge on any atom is -0.354 e. The second kappa shape index (κ2) is 4.10. The maximum absolute atomic E-state index is 9.71. The van der Waals surface area contributed by atoms with Crippen LogP contribution in [0.3, 0.4) is 0 Å². The van der Waals surface area contributed by atoms with E-state index in [1.54, 1.807) is 0 Å². The summed E-state index contributed by atoms with van der Waals surface area (Å²) in [5.41, 5.74) is -0.0677. The Hall–Kier alpha value is 0.184. The Kier molecular flexibility index (Phi) is 5.66. The molecule has 0 aliphatic carbocycles. The molecule has 0 aromatic rings. The number of hydrogen-bond acceptors (Lipinski definition) is 1. The Labute approximate surface area is 64.9 Å².